The minimum atomic E-state index is -3.54. The Morgan fingerprint density at radius 2 is 1.75 bits per heavy atom. The zero-order valence-electron chi connectivity index (χ0n) is 12.7. The lowest BCUT2D eigenvalue weighted by Crippen LogP contribution is -2.37. The van der Waals surface area contributed by atoms with E-state index in [1.54, 1.807) is 22.6 Å². The molecule has 0 spiro atoms. The Hall–Kier alpha value is -0.980. The van der Waals surface area contributed by atoms with Crippen LogP contribution in [0, 0.1) is 11.8 Å². The van der Waals surface area contributed by atoms with E-state index in [4.69, 9.17) is 5.73 Å². The molecule has 0 aliphatic heterocycles. The average molecular weight is 299 g/mol. The molecule has 0 aliphatic carbocycles. The van der Waals surface area contributed by atoms with E-state index in [1.807, 2.05) is 27.7 Å². The minimum Gasteiger partial charge on any atom is -0.325 e. The SMILES string of the molecule is CC(C)CN(CC(C)C)S(=O)(=O)c1cccnc1CN. The third kappa shape index (κ3) is 4.26. The molecule has 0 atom stereocenters. The molecule has 1 rings (SSSR count). The number of nitrogens with two attached hydrogens (primary N) is 1. The van der Waals surface area contributed by atoms with Gasteiger partial charge in [0.15, 0.2) is 0 Å². The Balaban J connectivity index is 3.21. The van der Waals surface area contributed by atoms with E-state index in [1.165, 1.54) is 0 Å². The van der Waals surface area contributed by atoms with Gasteiger partial charge in [-0.2, -0.15) is 4.31 Å². The minimum absolute atomic E-state index is 0.118. The van der Waals surface area contributed by atoms with Crippen molar-refractivity contribution in [2.45, 2.75) is 39.1 Å². The molecule has 0 radical (unpaired) electrons. The van der Waals surface area contributed by atoms with Crippen molar-refractivity contribution in [3.05, 3.63) is 24.0 Å². The predicted molar refractivity (Wildman–Crippen MR) is 80.6 cm³/mol. The highest BCUT2D eigenvalue weighted by Gasteiger charge is 2.28. The maximum absolute atomic E-state index is 12.8. The molecule has 0 fully saturated rings. The zero-order chi connectivity index (χ0) is 15.3. The standard InChI is InChI=1S/C14H25N3O2S/c1-11(2)9-17(10-12(3)4)20(18,19)14-6-5-7-16-13(14)8-15/h5-7,11-12H,8-10,15H2,1-4H3. The van der Waals surface area contributed by atoms with Crippen LogP contribution in [0.5, 0.6) is 0 Å². The maximum Gasteiger partial charge on any atom is 0.244 e. The molecule has 5 nitrogen and oxygen atoms in total. The summed E-state index contributed by atoms with van der Waals surface area (Å²) >= 11 is 0. The number of rotatable bonds is 7. The molecule has 6 heteroatoms. The molecular formula is C14H25N3O2S. The summed E-state index contributed by atoms with van der Waals surface area (Å²) < 4.78 is 27.2. The van der Waals surface area contributed by atoms with Crippen LogP contribution in [0.15, 0.2) is 23.2 Å². The van der Waals surface area contributed by atoms with Crippen LogP contribution in [0.2, 0.25) is 0 Å². The number of nitrogens with zero attached hydrogens (tertiary/aromatic N) is 2. The summed E-state index contributed by atoms with van der Waals surface area (Å²) in [5.41, 5.74) is 6.03. The molecule has 0 aliphatic rings. The Bertz CT molecular complexity index is 517. The Morgan fingerprint density at radius 1 is 1.20 bits per heavy atom. The van der Waals surface area contributed by atoms with Gasteiger partial charge in [-0.15, -0.1) is 0 Å². The second kappa shape index (κ2) is 7.15. The zero-order valence-corrected chi connectivity index (χ0v) is 13.5. The first-order valence-corrected chi connectivity index (χ1v) is 8.37. The van der Waals surface area contributed by atoms with Gasteiger partial charge < -0.3 is 5.73 Å². The van der Waals surface area contributed by atoms with Crippen LogP contribution in [-0.4, -0.2) is 30.8 Å². The maximum atomic E-state index is 12.8. The lowest BCUT2D eigenvalue weighted by molar-refractivity contribution is 0.333. The highest BCUT2D eigenvalue weighted by molar-refractivity contribution is 7.89. The van der Waals surface area contributed by atoms with E-state index in [-0.39, 0.29) is 23.3 Å². The highest BCUT2D eigenvalue weighted by Crippen LogP contribution is 2.20. The smallest absolute Gasteiger partial charge is 0.244 e. The molecule has 0 unspecified atom stereocenters. The summed E-state index contributed by atoms with van der Waals surface area (Å²) in [7, 11) is -3.54. The van der Waals surface area contributed by atoms with Crippen molar-refractivity contribution in [3.8, 4) is 0 Å². The van der Waals surface area contributed by atoms with Crippen molar-refractivity contribution in [1.29, 1.82) is 0 Å². The van der Waals surface area contributed by atoms with Gasteiger partial charge in [0.1, 0.15) is 4.90 Å². The van der Waals surface area contributed by atoms with Crippen LogP contribution in [0.3, 0.4) is 0 Å². The average Bonchev–Trinajstić information content (AvgIpc) is 2.36. The Morgan fingerprint density at radius 3 is 2.20 bits per heavy atom. The van der Waals surface area contributed by atoms with Crippen LogP contribution >= 0.6 is 0 Å². The summed E-state index contributed by atoms with van der Waals surface area (Å²) in [4.78, 5) is 4.30. The van der Waals surface area contributed by atoms with E-state index < -0.39 is 10.0 Å². The summed E-state index contributed by atoms with van der Waals surface area (Å²) in [6, 6.07) is 3.22. The molecule has 0 saturated heterocycles. The summed E-state index contributed by atoms with van der Waals surface area (Å²) in [6.45, 7) is 9.16. The molecule has 2 N–H and O–H groups in total. The Labute approximate surface area is 122 Å². The van der Waals surface area contributed by atoms with Crippen molar-refractivity contribution in [2.75, 3.05) is 13.1 Å². The number of sulfonamides is 1. The Kier molecular flexibility index (Phi) is 6.10. The number of aromatic nitrogens is 1. The van der Waals surface area contributed by atoms with Crippen molar-refractivity contribution in [2.24, 2.45) is 17.6 Å². The predicted octanol–water partition coefficient (Wildman–Crippen LogP) is 1.84. The van der Waals surface area contributed by atoms with Gasteiger partial charge in [0, 0.05) is 25.8 Å². The molecule has 0 bridgehead atoms. The first-order valence-electron chi connectivity index (χ1n) is 6.93. The first-order chi connectivity index (χ1) is 9.28. The molecule has 114 valence electrons. The lowest BCUT2D eigenvalue weighted by Gasteiger charge is -2.26. The van der Waals surface area contributed by atoms with Gasteiger partial charge in [0.2, 0.25) is 10.0 Å². The molecule has 20 heavy (non-hydrogen) atoms. The fraction of sp³-hybridized carbons (Fsp3) is 0.643. The number of pyridine rings is 1. The molecule has 1 aromatic heterocycles. The van der Waals surface area contributed by atoms with Crippen molar-refractivity contribution >= 4 is 10.0 Å². The molecule has 0 amide bonds. The van der Waals surface area contributed by atoms with Crippen LogP contribution in [0.4, 0.5) is 0 Å². The van der Waals surface area contributed by atoms with Gasteiger partial charge in [-0.1, -0.05) is 27.7 Å². The molecule has 0 saturated carbocycles. The third-order valence-corrected chi connectivity index (χ3v) is 4.70. The second-order valence-corrected chi connectivity index (χ2v) is 7.67. The van der Waals surface area contributed by atoms with Crippen LogP contribution in [0.1, 0.15) is 33.4 Å². The lowest BCUT2D eigenvalue weighted by atomic mass is 10.2. The van der Waals surface area contributed by atoms with Gasteiger partial charge in [0.25, 0.3) is 0 Å². The normalized spacial score (nSPS) is 12.6. The topological polar surface area (TPSA) is 76.3 Å². The van der Waals surface area contributed by atoms with Crippen LogP contribution in [0.25, 0.3) is 0 Å². The van der Waals surface area contributed by atoms with Crippen molar-refractivity contribution < 1.29 is 8.42 Å². The van der Waals surface area contributed by atoms with Crippen LogP contribution < -0.4 is 5.73 Å². The fourth-order valence-corrected chi connectivity index (χ4v) is 3.99. The monoisotopic (exact) mass is 299 g/mol. The number of hydrogen-bond acceptors (Lipinski definition) is 4. The highest BCUT2D eigenvalue weighted by atomic mass is 32.2. The fourth-order valence-electron chi connectivity index (χ4n) is 2.04. The molecular weight excluding hydrogens is 274 g/mol. The van der Waals surface area contributed by atoms with Gasteiger partial charge in [0.05, 0.1) is 5.69 Å². The first kappa shape index (κ1) is 17.1. The van der Waals surface area contributed by atoms with Gasteiger partial charge in [-0.25, -0.2) is 8.42 Å². The summed E-state index contributed by atoms with van der Waals surface area (Å²) in [5, 5.41) is 0. The van der Waals surface area contributed by atoms with E-state index in [9.17, 15) is 8.42 Å². The van der Waals surface area contributed by atoms with Gasteiger partial charge in [-0.05, 0) is 24.0 Å². The quantitative estimate of drug-likeness (QED) is 0.833. The summed E-state index contributed by atoms with van der Waals surface area (Å²) in [5.74, 6) is 0.531. The molecule has 1 heterocycles. The summed E-state index contributed by atoms with van der Waals surface area (Å²) in [6.07, 6.45) is 1.57. The van der Waals surface area contributed by atoms with E-state index in [0.717, 1.165) is 0 Å². The molecule has 1 aromatic rings. The second-order valence-electron chi connectivity index (χ2n) is 5.76. The van der Waals surface area contributed by atoms with Gasteiger partial charge in [-0.3, -0.25) is 4.98 Å². The number of hydrogen-bond donors (Lipinski definition) is 1. The third-order valence-electron chi connectivity index (χ3n) is 2.80. The van der Waals surface area contributed by atoms with E-state index in [2.05, 4.69) is 4.98 Å². The van der Waals surface area contributed by atoms with Crippen molar-refractivity contribution in [3.63, 3.8) is 0 Å². The van der Waals surface area contributed by atoms with Gasteiger partial charge >= 0.3 is 0 Å². The van der Waals surface area contributed by atoms with E-state index >= 15 is 0 Å². The molecule has 0 aromatic carbocycles. The van der Waals surface area contributed by atoms with E-state index in [0.29, 0.717) is 18.8 Å². The largest absolute Gasteiger partial charge is 0.325 e. The van der Waals surface area contributed by atoms with Crippen LogP contribution in [-0.2, 0) is 16.6 Å². The van der Waals surface area contributed by atoms with Crippen molar-refractivity contribution in [1.82, 2.24) is 9.29 Å².